The summed E-state index contributed by atoms with van der Waals surface area (Å²) in [6.45, 7) is 3.07. The van der Waals surface area contributed by atoms with Crippen LogP contribution in [0.25, 0.3) is 0 Å². The van der Waals surface area contributed by atoms with Gasteiger partial charge < -0.3 is 10.4 Å². The Morgan fingerprint density at radius 2 is 1.22 bits per heavy atom. The number of hydrogen-bond donors (Lipinski definition) is 2. The third kappa shape index (κ3) is 4.13. The quantitative estimate of drug-likeness (QED) is 0.297. The van der Waals surface area contributed by atoms with Crippen molar-refractivity contribution in [2.24, 2.45) is 10.3 Å². The van der Waals surface area contributed by atoms with Gasteiger partial charge in [-0.05, 0) is 13.8 Å². The van der Waals surface area contributed by atoms with Crippen LogP contribution in [-0.4, -0.2) is 21.8 Å². The molecule has 0 aromatic carbocycles. The molecule has 0 aliphatic rings. The molecule has 56 valence electrons. The molecule has 4 nitrogen and oxygen atoms in total. The number of oxime groups is 2. The van der Waals surface area contributed by atoms with Crippen molar-refractivity contribution in [1.29, 1.82) is 0 Å². The van der Waals surface area contributed by atoms with E-state index < -0.39 is 0 Å². The summed E-state index contributed by atoms with van der Waals surface area (Å²) in [5.41, 5.74) is 0.625. The fraction of sp³-hybridized carbons (Fsp3) is 0.500. The normalized spacial score (nSPS) is 12.7. The molecule has 0 heterocycles. The molecule has 0 bridgehead atoms. The molecule has 0 aliphatic heterocycles. The third-order valence-electron chi connectivity index (χ3n) is 0.824. The molecule has 0 radical (unpaired) electrons. The summed E-state index contributed by atoms with van der Waals surface area (Å²) in [5.74, 6) is 0. The van der Waals surface area contributed by atoms with E-state index in [1.54, 1.807) is 0 Å². The van der Waals surface area contributed by atoms with E-state index in [1.807, 2.05) is 0 Å². The second kappa shape index (κ2) is 5.73. The van der Waals surface area contributed by atoms with E-state index in [2.05, 4.69) is 10.3 Å². The Hall–Kier alpha value is -0.398. The minimum atomic E-state index is 0. The standard InChI is InChI=1S/C4H8N2O2.Pd/c1-3(5-7)4(2)6-8;/h7-8H,1-2H3;/b5-3+,6-4+;. The zero-order chi connectivity index (χ0) is 6.57. The Bertz CT molecular complexity index is 117. The van der Waals surface area contributed by atoms with Gasteiger partial charge in [-0.1, -0.05) is 10.3 Å². The monoisotopic (exact) mass is 222 g/mol. The second-order valence-corrected chi connectivity index (χ2v) is 1.37. The molecule has 2 N–H and O–H groups in total. The summed E-state index contributed by atoms with van der Waals surface area (Å²) < 4.78 is 0. The number of rotatable bonds is 1. The van der Waals surface area contributed by atoms with Crippen molar-refractivity contribution in [3.8, 4) is 0 Å². The first kappa shape index (κ1) is 11.4. The molecule has 0 spiro atoms. The smallest absolute Gasteiger partial charge is 0.101 e. The molecule has 0 aliphatic carbocycles. The van der Waals surface area contributed by atoms with Crippen molar-refractivity contribution in [1.82, 2.24) is 0 Å². The Morgan fingerprint density at radius 1 is 1.00 bits per heavy atom. The van der Waals surface area contributed by atoms with Gasteiger partial charge in [-0.2, -0.15) is 0 Å². The topological polar surface area (TPSA) is 65.2 Å². The van der Waals surface area contributed by atoms with E-state index in [0.717, 1.165) is 0 Å². The zero-order valence-electron chi connectivity index (χ0n) is 5.11. The van der Waals surface area contributed by atoms with Crippen LogP contribution in [0.15, 0.2) is 10.3 Å². The average molecular weight is 223 g/mol. The van der Waals surface area contributed by atoms with Crippen molar-refractivity contribution in [3.63, 3.8) is 0 Å². The van der Waals surface area contributed by atoms with Gasteiger partial charge in [-0.3, -0.25) is 0 Å². The predicted octanol–water partition coefficient (Wildman–Crippen LogP) is 0.684. The molecule has 0 fully saturated rings. The Morgan fingerprint density at radius 3 is 1.33 bits per heavy atom. The molecular formula is C4H8N2O2Pd. The van der Waals surface area contributed by atoms with Crippen LogP contribution < -0.4 is 0 Å². The van der Waals surface area contributed by atoms with Gasteiger partial charge in [0.05, 0.1) is 0 Å². The minimum Gasteiger partial charge on any atom is -0.411 e. The van der Waals surface area contributed by atoms with Gasteiger partial charge in [0.25, 0.3) is 0 Å². The van der Waals surface area contributed by atoms with Crippen LogP contribution in [0.1, 0.15) is 13.8 Å². The van der Waals surface area contributed by atoms with Gasteiger partial charge in [0, 0.05) is 20.4 Å². The first-order chi connectivity index (χ1) is 3.72. The number of hydrogen-bond acceptors (Lipinski definition) is 4. The van der Waals surface area contributed by atoms with Crippen LogP contribution in [0.2, 0.25) is 0 Å². The maximum Gasteiger partial charge on any atom is 0.101 e. The Kier molecular flexibility index (Phi) is 7.27. The summed E-state index contributed by atoms with van der Waals surface area (Å²) in [6.07, 6.45) is 0. The van der Waals surface area contributed by atoms with Crippen LogP contribution >= 0.6 is 0 Å². The van der Waals surface area contributed by atoms with Gasteiger partial charge in [-0.15, -0.1) is 0 Å². The largest absolute Gasteiger partial charge is 0.411 e. The van der Waals surface area contributed by atoms with Gasteiger partial charge in [0.2, 0.25) is 0 Å². The Balaban J connectivity index is 0. The molecular weight excluding hydrogens is 214 g/mol. The van der Waals surface area contributed by atoms with Crippen molar-refractivity contribution in [2.45, 2.75) is 13.8 Å². The zero-order valence-corrected chi connectivity index (χ0v) is 6.66. The maximum atomic E-state index is 8.03. The maximum absolute atomic E-state index is 8.03. The van der Waals surface area contributed by atoms with Crippen LogP contribution in [0.4, 0.5) is 0 Å². The van der Waals surface area contributed by atoms with Crippen LogP contribution in [0.5, 0.6) is 0 Å². The van der Waals surface area contributed by atoms with Gasteiger partial charge in [0.1, 0.15) is 11.4 Å². The van der Waals surface area contributed by atoms with Gasteiger partial charge in [0.15, 0.2) is 0 Å². The van der Waals surface area contributed by atoms with Gasteiger partial charge in [-0.25, -0.2) is 0 Å². The SMILES string of the molecule is CC(=N\O)/C(C)=N/O.[Pd]. The minimum absolute atomic E-state index is 0. The van der Waals surface area contributed by atoms with Crippen molar-refractivity contribution in [2.75, 3.05) is 0 Å². The van der Waals surface area contributed by atoms with E-state index in [-0.39, 0.29) is 20.4 Å². The van der Waals surface area contributed by atoms with Crippen LogP contribution in [0, 0.1) is 0 Å². The molecule has 0 saturated carbocycles. The molecule has 9 heavy (non-hydrogen) atoms. The first-order valence-corrected chi connectivity index (χ1v) is 2.10. The summed E-state index contributed by atoms with van der Waals surface area (Å²) in [4.78, 5) is 0. The molecule has 0 aromatic rings. The van der Waals surface area contributed by atoms with E-state index in [9.17, 15) is 0 Å². The Labute approximate surface area is 66.9 Å². The molecule has 0 saturated heterocycles. The number of nitrogens with zero attached hydrogens (tertiary/aromatic N) is 2. The first-order valence-electron chi connectivity index (χ1n) is 2.10. The fourth-order valence-corrected chi connectivity index (χ4v) is 0.145. The van der Waals surface area contributed by atoms with Crippen LogP contribution in [0.3, 0.4) is 0 Å². The molecule has 0 rings (SSSR count). The second-order valence-electron chi connectivity index (χ2n) is 1.37. The molecule has 0 aromatic heterocycles. The molecule has 0 unspecified atom stereocenters. The third-order valence-corrected chi connectivity index (χ3v) is 0.824. The summed E-state index contributed by atoms with van der Waals surface area (Å²) in [5, 5.41) is 21.6. The van der Waals surface area contributed by atoms with Crippen molar-refractivity contribution < 1.29 is 30.8 Å². The summed E-state index contributed by atoms with van der Waals surface area (Å²) >= 11 is 0. The summed E-state index contributed by atoms with van der Waals surface area (Å²) in [7, 11) is 0. The van der Waals surface area contributed by atoms with Crippen molar-refractivity contribution in [3.05, 3.63) is 0 Å². The van der Waals surface area contributed by atoms with Crippen LogP contribution in [-0.2, 0) is 20.4 Å². The molecule has 0 amide bonds. The van der Waals surface area contributed by atoms with Gasteiger partial charge >= 0.3 is 0 Å². The van der Waals surface area contributed by atoms with E-state index in [4.69, 9.17) is 10.4 Å². The van der Waals surface area contributed by atoms with Crippen molar-refractivity contribution >= 4 is 11.4 Å². The molecule has 0 atom stereocenters. The van der Waals surface area contributed by atoms with E-state index >= 15 is 0 Å². The fourth-order valence-electron chi connectivity index (χ4n) is 0.145. The van der Waals surface area contributed by atoms with E-state index in [0.29, 0.717) is 11.4 Å². The summed E-state index contributed by atoms with van der Waals surface area (Å²) in [6, 6.07) is 0. The predicted molar refractivity (Wildman–Crippen MR) is 29.8 cm³/mol. The molecule has 5 heteroatoms. The average Bonchev–Trinajstić information content (AvgIpc) is 1.84. The van der Waals surface area contributed by atoms with E-state index in [1.165, 1.54) is 13.8 Å².